The molecule has 1 aliphatic heterocycles. The van der Waals surface area contributed by atoms with Crippen LogP contribution >= 0.6 is 0 Å². The lowest BCUT2D eigenvalue weighted by Gasteiger charge is -2.32. The lowest BCUT2D eigenvalue weighted by Crippen LogP contribution is -2.41. The van der Waals surface area contributed by atoms with Crippen LogP contribution in [-0.2, 0) is 9.31 Å². The largest absolute Gasteiger partial charge is 0.498 e. The number of furan rings is 1. The monoisotopic (exact) mass is 420 g/mol. The van der Waals surface area contributed by atoms with Gasteiger partial charge in [0.05, 0.1) is 11.2 Å². The summed E-state index contributed by atoms with van der Waals surface area (Å²) in [4.78, 5) is 0. The minimum absolute atomic E-state index is 0.416. The van der Waals surface area contributed by atoms with Gasteiger partial charge in [0.2, 0.25) is 0 Å². The van der Waals surface area contributed by atoms with Crippen molar-refractivity contribution in [2.75, 3.05) is 0 Å². The predicted molar refractivity (Wildman–Crippen MR) is 132 cm³/mol. The first-order valence-electron chi connectivity index (χ1n) is 11.1. The second-order valence-electron chi connectivity index (χ2n) is 9.63. The summed E-state index contributed by atoms with van der Waals surface area (Å²) < 4.78 is 19.5. The summed E-state index contributed by atoms with van der Waals surface area (Å²) in [5, 5.41) is 4.48. The van der Waals surface area contributed by atoms with E-state index in [2.05, 4.69) is 100 Å². The molecule has 1 aromatic heterocycles. The Morgan fingerprint density at radius 1 is 0.625 bits per heavy atom. The molecule has 32 heavy (non-hydrogen) atoms. The molecular weight excluding hydrogens is 395 g/mol. The Morgan fingerprint density at radius 3 is 2.06 bits per heavy atom. The molecule has 0 unspecified atom stereocenters. The molecule has 1 fully saturated rings. The van der Waals surface area contributed by atoms with Gasteiger partial charge in [0, 0.05) is 21.6 Å². The van der Waals surface area contributed by atoms with Gasteiger partial charge < -0.3 is 13.7 Å². The van der Waals surface area contributed by atoms with Crippen molar-refractivity contribution in [3.05, 3.63) is 78.9 Å². The Labute approximate surface area is 188 Å². The Bertz CT molecular complexity index is 1460. The predicted octanol–water partition coefficient (Wildman–Crippen LogP) is 6.71. The molecule has 158 valence electrons. The van der Waals surface area contributed by atoms with Gasteiger partial charge in [-0.15, -0.1) is 0 Å². The first kappa shape index (κ1) is 19.6. The highest BCUT2D eigenvalue weighted by atomic mass is 16.7. The number of hydrogen-bond donors (Lipinski definition) is 0. The molecule has 0 N–H and O–H groups in total. The zero-order valence-corrected chi connectivity index (χ0v) is 18.8. The van der Waals surface area contributed by atoms with Gasteiger partial charge in [-0.05, 0) is 50.3 Å². The molecule has 4 heteroatoms. The van der Waals surface area contributed by atoms with Crippen molar-refractivity contribution in [1.29, 1.82) is 0 Å². The highest BCUT2D eigenvalue weighted by Crippen LogP contribution is 2.41. The van der Waals surface area contributed by atoms with Crippen molar-refractivity contribution in [2.24, 2.45) is 0 Å². The van der Waals surface area contributed by atoms with Gasteiger partial charge in [-0.3, -0.25) is 0 Å². The summed E-state index contributed by atoms with van der Waals surface area (Å²) in [6, 6.07) is 27.4. The topological polar surface area (TPSA) is 31.6 Å². The van der Waals surface area contributed by atoms with Crippen molar-refractivity contribution < 1.29 is 13.7 Å². The third-order valence-corrected chi connectivity index (χ3v) is 7.13. The lowest BCUT2D eigenvalue weighted by molar-refractivity contribution is 0.00578. The standard InChI is InChI=1S/C28H25BO3/c1-27(2)28(3,4)32-29(31-27)23-17-16-20(18-10-6-5-7-11-18)24-22-15-14-19-12-8-9-13-21(19)25(22)30-26(23)24/h5-17H,1-4H3. The SMILES string of the molecule is CC1(C)OB(c2ccc(-c3ccccc3)c3c2oc2c4ccccc4ccc23)OC1(C)C. The second kappa shape index (κ2) is 6.71. The summed E-state index contributed by atoms with van der Waals surface area (Å²) in [7, 11) is -0.487. The van der Waals surface area contributed by atoms with Crippen molar-refractivity contribution in [2.45, 2.75) is 38.9 Å². The highest BCUT2D eigenvalue weighted by Gasteiger charge is 2.52. The van der Waals surface area contributed by atoms with E-state index >= 15 is 0 Å². The fourth-order valence-corrected chi connectivity index (χ4v) is 4.64. The van der Waals surface area contributed by atoms with Crippen LogP contribution in [0.1, 0.15) is 27.7 Å². The molecule has 0 spiro atoms. The molecule has 0 saturated carbocycles. The van der Waals surface area contributed by atoms with Crippen molar-refractivity contribution in [3.8, 4) is 11.1 Å². The van der Waals surface area contributed by atoms with Crippen LogP contribution in [0.2, 0.25) is 0 Å². The summed E-state index contributed by atoms with van der Waals surface area (Å²) in [6.07, 6.45) is 0. The summed E-state index contributed by atoms with van der Waals surface area (Å²) in [6.45, 7) is 8.31. The van der Waals surface area contributed by atoms with Gasteiger partial charge >= 0.3 is 7.12 Å². The number of hydrogen-bond acceptors (Lipinski definition) is 3. The molecule has 0 radical (unpaired) electrons. The van der Waals surface area contributed by atoms with Gasteiger partial charge in [-0.25, -0.2) is 0 Å². The Hall–Kier alpha value is -3.08. The smallest absolute Gasteiger partial charge is 0.456 e. The van der Waals surface area contributed by atoms with Crippen LogP contribution in [0.3, 0.4) is 0 Å². The van der Waals surface area contributed by atoms with Crippen LogP contribution in [0.15, 0.2) is 83.3 Å². The number of rotatable bonds is 2. The summed E-state index contributed by atoms with van der Waals surface area (Å²) >= 11 is 0. The molecule has 0 atom stereocenters. The molecular formula is C28H25BO3. The average Bonchev–Trinajstić information content (AvgIpc) is 3.28. The Kier molecular flexibility index (Phi) is 4.11. The van der Waals surface area contributed by atoms with Crippen LogP contribution in [0.25, 0.3) is 43.8 Å². The lowest BCUT2D eigenvalue weighted by atomic mass is 9.77. The molecule has 0 aliphatic carbocycles. The molecule has 4 aromatic carbocycles. The van der Waals surface area contributed by atoms with Gasteiger partial charge in [-0.1, -0.05) is 72.8 Å². The molecule has 1 saturated heterocycles. The fourth-order valence-electron chi connectivity index (χ4n) is 4.64. The maximum absolute atomic E-state index is 6.65. The van der Waals surface area contributed by atoms with E-state index in [4.69, 9.17) is 13.7 Å². The van der Waals surface area contributed by atoms with E-state index in [-0.39, 0.29) is 0 Å². The fraction of sp³-hybridized carbons (Fsp3) is 0.214. The first-order valence-corrected chi connectivity index (χ1v) is 11.1. The molecule has 5 aromatic rings. The number of benzene rings is 4. The highest BCUT2D eigenvalue weighted by molar-refractivity contribution is 6.65. The summed E-state index contributed by atoms with van der Waals surface area (Å²) in [5.41, 5.74) is 4.14. The zero-order chi connectivity index (χ0) is 22.1. The van der Waals surface area contributed by atoms with E-state index in [1.807, 2.05) is 6.07 Å². The average molecular weight is 420 g/mol. The first-order chi connectivity index (χ1) is 15.4. The molecule has 3 nitrogen and oxygen atoms in total. The van der Waals surface area contributed by atoms with E-state index in [1.54, 1.807) is 0 Å². The zero-order valence-electron chi connectivity index (χ0n) is 18.8. The van der Waals surface area contributed by atoms with Crippen LogP contribution in [0, 0.1) is 0 Å². The minimum Gasteiger partial charge on any atom is -0.456 e. The molecule has 1 aliphatic rings. The molecule has 0 amide bonds. The van der Waals surface area contributed by atoms with Crippen molar-refractivity contribution in [3.63, 3.8) is 0 Å². The van der Waals surface area contributed by atoms with Crippen LogP contribution in [-0.4, -0.2) is 18.3 Å². The van der Waals surface area contributed by atoms with Gasteiger partial charge in [0.15, 0.2) is 0 Å². The molecule has 2 heterocycles. The third kappa shape index (κ3) is 2.76. The van der Waals surface area contributed by atoms with E-state index in [0.29, 0.717) is 0 Å². The number of fused-ring (bicyclic) bond motifs is 5. The van der Waals surface area contributed by atoms with Crippen LogP contribution in [0.5, 0.6) is 0 Å². The van der Waals surface area contributed by atoms with E-state index < -0.39 is 18.3 Å². The Morgan fingerprint density at radius 2 is 1.31 bits per heavy atom. The van der Waals surface area contributed by atoms with E-state index in [1.165, 1.54) is 0 Å². The summed E-state index contributed by atoms with van der Waals surface area (Å²) in [5.74, 6) is 0. The quantitative estimate of drug-likeness (QED) is 0.298. The molecule has 6 rings (SSSR count). The van der Waals surface area contributed by atoms with E-state index in [9.17, 15) is 0 Å². The Balaban J connectivity index is 1.69. The van der Waals surface area contributed by atoms with E-state index in [0.717, 1.165) is 49.3 Å². The maximum atomic E-state index is 6.65. The van der Waals surface area contributed by atoms with Crippen LogP contribution < -0.4 is 5.46 Å². The second-order valence-corrected chi connectivity index (χ2v) is 9.63. The minimum atomic E-state index is -0.487. The third-order valence-electron chi connectivity index (χ3n) is 7.13. The van der Waals surface area contributed by atoms with Gasteiger partial charge in [0.25, 0.3) is 0 Å². The van der Waals surface area contributed by atoms with Crippen molar-refractivity contribution >= 4 is 45.3 Å². The van der Waals surface area contributed by atoms with Crippen LogP contribution in [0.4, 0.5) is 0 Å². The van der Waals surface area contributed by atoms with Gasteiger partial charge in [0.1, 0.15) is 11.2 Å². The van der Waals surface area contributed by atoms with Gasteiger partial charge in [-0.2, -0.15) is 0 Å². The molecule has 0 bridgehead atoms. The maximum Gasteiger partial charge on any atom is 0.498 e. The van der Waals surface area contributed by atoms with Crippen molar-refractivity contribution in [1.82, 2.24) is 0 Å². The normalized spacial score (nSPS) is 17.6.